The molecule has 0 radical (unpaired) electrons. The molecular formula is C37H42O18. The Kier molecular flexibility index (Phi) is 15.2. The number of methoxy groups -OCH3 is 1. The standard InChI is InChI=1S/C37H42O18/c1-19(38)46-17-26(48-20(2)39)28(49-21(3)40)30(50-22(4)41)33(51-23(5)42)37-47-18-27-29(55-37)31(53-34(43)24-13-9-7-10-14-24)32(36(45-6)52-27)54-35(44)25-15-11-8-12-16-25/h7-16,26-33,36-37H,17-18H2,1-6H3/t26-,27-,28+,29-,30+,31+,32-,33-,36+,37-/m1/s1. The average Bonchev–Trinajstić information content (AvgIpc) is 3.14. The number of hydrogen-bond donors (Lipinski definition) is 0. The van der Waals surface area contributed by atoms with Gasteiger partial charge in [0.2, 0.25) is 0 Å². The Balaban J connectivity index is 1.78. The van der Waals surface area contributed by atoms with Crippen LogP contribution in [0, 0.1) is 0 Å². The van der Waals surface area contributed by atoms with Gasteiger partial charge in [-0.05, 0) is 24.3 Å². The zero-order valence-corrected chi connectivity index (χ0v) is 30.8. The predicted octanol–water partition coefficient (Wildman–Crippen LogP) is 1.84. The van der Waals surface area contributed by atoms with E-state index in [0.29, 0.717) is 0 Å². The Morgan fingerprint density at radius 3 is 1.64 bits per heavy atom. The third-order valence-corrected chi connectivity index (χ3v) is 8.00. The zero-order valence-electron chi connectivity index (χ0n) is 30.8. The smallest absolute Gasteiger partial charge is 0.338 e. The van der Waals surface area contributed by atoms with E-state index in [0.717, 1.165) is 34.6 Å². The first kappa shape index (κ1) is 42.3. The number of carbonyl (C=O) groups excluding carboxylic acids is 7. The molecule has 0 unspecified atom stereocenters. The monoisotopic (exact) mass is 774 g/mol. The minimum absolute atomic E-state index is 0.137. The van der Waals surface area contributed by atoms with Gasteiger partial charge in [-0.2, -0.15) is 0 Å². The number of ether oxygens (including phenoxy) is 11. The van der Waals surface area contributed by atoms with E-state index < -0.39 is 110 Å². The fraction of sp³-hybridized carbons (Fsp3) is 0.486. The second kappa shape index (κ2) is 19.8. The van der Waals surface area contributed by atoms with E-state index in [1.807, 2.05) is 0 Å². The molecular weight excluding hydrogens is 732 g/mol. The summed E-state index contributed by atoms with van der Waals surface area (Å²) in [5.74, 6) is -6.25. The molecule has 0 saturated carbocycles. The van der Waals surface area contributed by atoms with Crippen LogP contribution in [0.3, 0.4) is 0 Å². The first-order valence-corrected chi connectivity index (χ1v) is 17.0. The van der Waals surface area contributed by atoms with E-state index in [1.165, 1.54) is 31.4 Å². The van der Waals surface area contributed by atoms with Gasteiger partial charge in [-0.1, -0.05) is 36.4 Å². The van der Waals surface area contributed by atoms with Crippen LogP contribution in [0.25, 0.3) is 0 Å². The number of benzene rings is 2. The fourth-order valence-electron chi connectivity index (χ4n) is 5.85. The number of esters is 7. The summed E-state index contributed by atoms with van der Waals surface area (Å²) < 4.78 is 62.7. The Morgan fingerprint density at radius 2 is 1.15 bits per heavy atom. The maximum absolute atomic E-state index is 13.6. The van der Waals surface area contributed by atoms with E-state index in [9.17, 15) is 33.6 Å². The van der Waals surface area contributed by atoms with Crippen molar-refractivity contribution in [1.29, 1.82) is 0 Å². The van der Waals surface area contributed by atoms with Gasteiger partial charge in [0.05, 0.1) is 17.7 Å². The number of carbonyl (C=O) groups is 7. The lowest BCUT2D eigenvalue weighted by molar-refractivity contribution is -0.369. The van der Waals surface area contributed by atoms with Crippen molar-refractivity contribution in [2.45, 2.75) is 96.0 Å². The minimum atomic E-state index is -1.86. The first-order chi connectivity index (χ1) is 26.2. The molecule has 55 heavy (non-hydrogen) atoms. The molecule has 0 amide bonds. The molecule has 2 aromatic rings. The molecule has 0 aliphatic carbocycles. The topological polar surface area (TPSA) is 221 Å². The van der Waals surface area contributed by atoms with Gasteiger partial charge in [0, 0.05) is 41.7 Å². The van der Waals surface area contributed by atoms with Gasteiger partial charge in [0.15, 0.2) is 49.2 Å². The lowest BCUT2D eigenvalue weighted by Crippen LogP contribution is -2.67. The van der Waals surface area contributed by atoms with Crippen LogP contribution in [0.1, 0.15) is 55.3 Å². The summed E-state index contributed by atoms with van der Waals surface area (Å²) in [6.07, 6.45) is -15.5. The quantitative estimate of drug-likeness (QED) is 0.186. The lowest BCUT2D eigenvalue weighted by Gasteiger charge is -2.49. The summed E-state index contributed by atoms with van der Waals surface area (Å²) >= 11 is 0. The average molecular weight is 775 g/mol. The third kappa shape index (κ3) is 11.8. The highest BCUT2D eigenvalue weighted by Gasteiger charge is 2.57. The van der Waals surface area contributed by atoms with E-state index in [4.69, 9.17) is 52.1 Å². The van der Waals surface area contributed by atoms with E-state index in [1.54, 1.807) is 36.4 Å². The second-order valence-electron chi connectivity index (χ2n) is 12.2. The van der Waals surface area contributed by atoms with Crippen LogP contribution in [0.15, 0.2) is 60.7 Å². The molecule has 0 aromatic heterocycles. The van der Waals surface area contributed by atoms with Gasteiger partial charge in [-0.25, -0.2) is 9.59 Å². The zero-order chi connectivity index (χ0) is 40.2. The summed E-state index contributed by atoms with van der Waals surface area (Å²) in [5, 5.41) is 0. The van der Waals surface area contributed by atoms with Crippen LogP contribution in [0.2, 0.25) is 0 Å². The predicted molar refractivity (Wildman–Crippen MR) is 180 cm³/mol. The molecule has 298 valence electrons. The van der Waals surface area contributed by atoms with Crippen molar-refractivity contribution in [2.24, 2.45) is 0 Å². The molecule has 18 nitrogen and oxygen atoms in total. The molecule has 2 fully saturated rings. The molecule has 18 heteroatoms. The molecule has 0 spiro atoms. The largest absolute Gasteiger partial charge is 0.462 e. The summed E-state index contributed by atoms with van der Waals surface area (Å²) in [4.78, 5) is 88.5. The van der Waals surface area contributed by atoms with Crippen molar-refractivity contribution >= 4 is 41.8 Å². The van der Waals surface area contributed by atoms with Crippen LogP contribution in [0.5, 0.6) is 0 Å². The maximum atomic E-state index is 13.6. The fourth-order valence-corrected chi connectivity index (χ4v) is 5.85. The van der Waals surface area contributed by atoms with Crippen LogP contribution in [0.4, 0.5) is 0 Å². The van der Waals surface area contributed by atoms with Gasteiger partial charge in [0.25, 0.3) is 0 Å². The van der Waals surface area contributed by atoms with Crippen LogP contribution in [-0.4, -0.2) is 124 Å². The highest BCUT2D eigenvalue weighted by atomic mass is 16.8. The van der Waals surface area contributed by atoms with Crippen molar-refractivity contribution in [3.8, 4) is 0 Å². The maximum Gasteiger partial charge on any atom is 0.338 e. The summed E-state index contributed by atoms with van der Waals surface area (Å²) in [5.41, 5.74) is 0.294. The SMILES string of the molecule is CO[C@H]1O[C@@H]2CO[C@@H]([C@H](OC(C)=O)[C@@H](OC(C)=O)[C@@H](OC(C)=O)[C@@H](COC(C)=O)OC(C)=O)O[C@H]2[C@H](OC(=O)c2ccccc2)[C@H]1OC(=O)c1ccccc1. The molecule has 4 rings (SSSR count). The van der Waals surface area contributed by atoms with Crippen molar-refractivity contribution in [2.75, 3.05) is 20.3 Å². The van der Waals surface area contributed by atoms with E-state index >= 15 is 0 Å². The third-order valence-electron chi connectivity index (χ3n) is 8.00. The van der Waals surface area contributed by atoms with Crippen LogP contribution in [-0.2, 0) is 76.1 Å². The van der Waals surface area contributed by atoms with Crippen LogP contribution < -0.4 is 0 Å². The van der Waals surface area contributed by atoms with Gasteiger partial charge >= 0.3 is 41.8 Å². The molecule has 2 aliphatic rings. The van der Waals surface area contributed by atoms with Crippen LogP contribution >= 0.6 is 0 Å². The van der Waals surface area contributed by atoms with E-state index in [2.05, 4.69) is 0 Å². The Labute approximate surface area is 315 Å². The van der Waals surface area contributed by atoms with Gasteiger partial charge < -0.3 is 52.1 Å². The summed E-state index contributed by atoms with van der Waals surface area (Å²) in [6, 6.07) is 15.8. The second-order valence-corrected chi connectivity index (χ2v) is 12.2. The first-order valence-electron chi connectivity index (χ1n) is 17.0. The lowest BCUT2D eigenvalue weighted by atomic mass is 9.96. The highest BCUT2D eigenvalue weighted by molar-refractivity contribution is 5.90. The Hall–Kier alpha value is -5.43. The molecule has 2 aromatic carbocycles. The van der Waals surface area contributed by atoms with E-state index in [-0.39, 0.29) is 17.7 Å². The number of hydrogen-bond acceptors (Lipinski definition) is 18. The summed E-state index contributed by atoms with van der Waals surface area (Å²) in [7, 11) is 1.28. The highest BCUT2D eigenvalue weighted by Crippen LogP contribution is 2.36. The van der Waals surface area contributed by atoms with Gasteiger partial charge in [-0.3, -0.25) is 24.0 Å². The normalized spacial score (nSPS) is 23.9. The van der Waals surface area contributed by atoms with Crippen molar-refractivity contribution < 1.29 is 85.7 Å². The Morgan fingerprint density at radius 1 is 0.636 bits per heavy atom. The van der Waals surface area contributed by atoms with Crippen molar-refractivity contribution in [3.63, 3.8) is 0 Å². The summed E-state index contributed by atoms with van der Waals surface area (Å²) in [6.45, 7) is 4.06. The number of fused-ring (bicyclic) bond motifs is 1. The van der Waals surface area contributed by atoms with Crippen molar-refractivity contribution in [1.82, 2.24) is 0 Å². The molecule has 2 aliphatic heterocycles. The molecule has 0 bridgehead atoms. The molecule has 0 N–H and O–H groups in total. The number of rotatable bonds is 15. The van der Waals surface area contributed by atoms with Gasteiger partial charge in [0.1, 0.15) is 18.8 Å². The molecule has 2 heterocycles. The van der Waals surface area contributed by atoms with Crippen molar-refractivity contribution in [3.05, 3.63) is 71.8 Å². The Bertz CT molecular complexity index is 1660. The molecule has 10 atom stereocenters. The minimum Gasteiger partial charge on any atom is -0.462 e. The van der Waals surface area contributed by atoms with Gasteiger partial charge in [-0.15, -0.1) is 0 Å². The molecule has 2 saturated heterocycles.